The lowest BCUT2D eigenvalue weighted by Gasteiger charge is -2.43. The lowest BCUT2D eigenvalue weighted by atomic mass is 9.92. The number of hydrogen-bond acceptors (Lipinski definition) is 5. The van der Waals surface area contributed by atoms with E-state index in [1.165, 1.54) is 5.01 Å². The third kappa shape index (κ3) is 3.98. The van der Waals surface area contributed by atoms with Gasteiger partial charge in [0.25, 0.3) is 5.91 Å². The van der Waals surface area contributed by atoms with Gasteiger partial charge in [-0.15, -0.1) is 0 Å². The zero-order valence-electron chi connectivity index (χ0n) is 16.8. The highest BCUT2D eigenvalue weighted by molar-refractivity contribution is 5.91. The lowest BCUT2D eigenvalue weighted by molar-refractivity contribution is -0.164. The number of para-hydroxylation sites is 1. The van der Waals surface area contributed by atoms with Gasteiger partial charge in [0.1, 0.15) is 23.3 Å². The molecule has 1 saturated heterocycles. The maximum Gasteiger partial charge on any atom is 0.287 e. The molecule has 4 rings (SSSR count). The number of carbonyl (C=O) groups is 1. The number of carbonyl (C=O) groups excluding carboxylic acids is 1. The molecule has 0 aliphatic carbocycles. The first-order valence-electron chi connectivity index (χ1n) is 9.56. The monoisotopic (exact) mass is 402 g/mol. The minimum absolute atomic E-state index is 0.190. The minimum atomic E-state index is -0.645. The summed E-state index contributed by atoms with van der Waals surface area (Å²) >= 11 is 0. The van der Waals surface area contributed by atoms with Gasteiger partial charge in [-0.05, 0) is 59.7 Å². The van der Waals surface area contributed by atoms with Gasteiger partial charge >= 0.3 is 0 Å². The standard InChI is InChI=1S/C24H22N2O4/c1-28-19-12-8-17(9-13-19)16-25-26-22(18-10-14-20(29-2)15-11-18)23(24(26)27)30-21-6-4-3-5-7-21/h3-16,22-23H,1-2H3/b25-16+/t22-,23+/m0/s1. The summed E-state index contributed by atoms with van der Waals surface area (Å²) in [5, 5.41) is 5.89. The predicted molar refractivity (Wildman–Crippen MR) is 114 cm³/mol. The van der Waals surface area contributed by atoms with Crippen LogP contribution in [0.15, 0.2) is 84.0 Å². The van der Waals surface area contributed by atoms with E-state index >= 15 is 0 Å². The fraction of sp³-hybridized carbons (Fsp3) is 0.167. The Morgan fingerprint density at radius 3 is 2.00 bits per heavy atom. The van der Waals surface area contributed by atoms with E-state index in [0.29, 0.717) is 5.75 Å². The van der Waals surface area contributed by atoms with E-state index in [9.17, 15) is 4.79 Å². The maximum atomic E-state index is 12.8. The van der Waals surface area contributed by atoms with Crippen molar-refractivity contribution < 1.29 is 19.0 Å². The number of rotatable bonds is 7. The van der Waals surface area contributed by atoms with Gasteiger partial charge in [0.15, 0.2) is 0 Å². The van der Waals surface area contributed by atoms with Gasteiger partial charge in [0, 0.05) is 0 Å². The molecular weight excluding hydrogens is 380 g/mol. The molecule has 6 nitrogen and oxygen atoms in total. The van der Waals surface area contributed by atoms with Crippen LogP contribution < -0.4 is 14.2 Å². The Morgan fingerprint density at radius 2 is 1.40 bits per heavy atom. The Balaban J connectivity index is 1.58. The van der Waals surface area contributed by atoms with Crippen molar-refractivity contribution in [3.63, 3.8) is 0 Å². The van der Waals surface area contributed by atoms with Crippen molar-refractivity contribution in [2.24, 2.45) is 5.10 Å². The maximum absolute atomic E-state index is 12.8. The fourth-order valence-electron chi connectivity index (χ4n) is 3.27. The topological polar surface area (TPSA) is 60.4 Å². The second-order valence-electron chi connectivity index (χ2n) is 6.77. The molecule has 1 heterocycles. The van der Waals surface area contributed by atoms with Gasteiger partial charge in [-0.25, -0.2) is 5.01 Å². The summed E-state index contributed by atoms with van der Waals surface area (Å²) in [7, 11) is 3.24. The molecule has 0 N–H and O–H groups in total. The lowest BCUT2D eigenvalue weighted by Crippen LogP contribution is -2.58. The third-order valence-corrected chi connectivity index (χ3v) is 4.93. The van der Waals surface area contributed by atoms with E-state index in [2.05, 4.69) is 5.10 Å². The minimum Gasteiger partial charge on any atom is -0.497 e. The Hall–Kier alpha value is -3.80. The molecule has 1 amide bonds. The largest absolute Gasteiger partial charge is 0.497 e. The van der Waals surface area contributed by atoms with Gasteiger partial charge in [0.05, 0.1) is 20.4 Å². The molecule has 0 spiro atoms. The second-order valence-corrected chi connectivity index (χ2v) is 6.77. The zero-order valence-corrected chi connectivity index (χ0v) is 16.8. The zero-order chi connectivity index (χ0) is 20.9. The predicted octanol–water partition coefficient (Wildman–Crippen LogP) is 4.07. The molecule has 0 aromatic heterocycles. The number of β-lactam (4-membered cyclic amide) rings is 1. The molecule has 30 heavy (non-hydrogen) atoms. The summed E-state index contributed by atoms with van der Waals surface area (Å²) in [6.07, 6.45) is 1.01. The summed E-state index contributed by atoms with van der Waals surface area (Å²) in [5.74, 6) is 1.97. The summed E-state index contributed by atoms with van der Waals surface area (Å²) < 4.78 is 16.4. The number of nitrogens with zero attached hydrogens (tertiary/aromatic N) is 2. The van der Waals surface area contributed by atoms with Crippen LogP contribution in [0.2, 0.25) is 0 Å². The first-order chi connectivity index (χ1) is 14.7. The molecule has 152 valence electrons. The van der Waals surface area contributed by atoms with Crippen LogP contribution in [0.5, 0.6) is 17.2 Å². The fourth-order valence-corrected chi connectivity index (χ4v) is 3.27. The first kappa shape index (κ1) is 19.5. The van der Waals surface area contributed by atoms with Crippen molar-refractivity contribution in [2.45, 2.75) is 12.1 Å². The number of methoxy groups -OCH3 is 2. The molecule has 0 saturated carbocycles. The molecule has 1 aliphatic heterocycles. The van der Waals surface area contributed by atoms with E-state index in [-0.39, 0.29) is 11.9 Å². The quantitative estimate of drug-likeness (QED) is 0.442. The van der Waals surface area contributed by atoms with Crippen molar-refractivity contribution in [2.75, 3.05) is 14.2 Å². The molecule has 2 atom stereocenters. The van der Waals surface area contributed by atoms with E-state index in [0.717, 1.165) is 22.6 Å². The molecule has 6 heteroatoms. The first-order valence-corrected chi connectivity index (χ1v) is 9.56. The summed E-state index contributed by atoms with van der Waals surface area (Å²) in [4.78, 5) is 12.8. The SMILES string of the molecule is COc1ccc(/C=N/N2C(=O)[C@H](Oc3ccccc3)[C@@H]2c2ccc(OC)cc2)cc1. The molecular formula is C24H22N2O4. The van der Waals surface area contributed by atoms with Gasteiger partial charge in [0.2, 0.25) is 6.10 Å². The Labute approximate surface area is 175 Å². The number of hydrogen-bond donors (Lipinski definition) is 0. The van der Waals surface area contributed by atoms with Crippen molar-refractivity contribution in [1.29, 1.82) is 0 Å². The Bertz CT molecular complexity index is 1020. The van der Waals surface area contributed by atoms with E-state index in [1.54, 1.807) is 20.4 Å². The molecule has 0 radical (unpaired) electrons. The number of hydrazone groups is 1. The van der Waals surface area contributed by atoms with Crippen LogP contribution in [0, 0.1) is 0 Å². The summed E-state index contributed by atoms with van der Waals surface area (Å²) in [6.45, 7) is 0. The molecule has 3 aromatic rings. The van der Waals surface area contributed by atoms with Crippen molar-refractivity contribution in [1.82, 2.24) is 5.01 Å². The van der Waals surface area contributed by atoms with Crippen molar-refractivity contribution in [3.8, 4) is 17.2 Å². The Morgan fingerprint density at radius 1 is 0.800 bits per heavy atom. The second kappa shape index (κ2) is 8.69. The highest BCUT2D eigenvalue weighted by atomic mass is 16.5. The highest BCUT2D eigenvalue weighted by Crippen LogP contribution is 2.38. The van der Waals surface area contributed by atoms with Crippen molar-refractivity contribution >= 4 is 12.1 Å². The van der Waals surface area contributed by atoms with Crippen molar-refractivity contribution in [3.05, 3.63) is 90.0 Å². The van der Waals surface area contributed by atoms with Gasteiger partial charge in [-0.2, -0.15) is 5.10 Å². The smallest absolute Gasteiger partial charge is 0.287 e. The summed E-state index contributed by atoms with van der Waals surface area (Å²) in [6, 6.07) is 24.0. The average molecular weight is 402 g/mol. The Kier molecular flexibility index (Phi) is 5.66. The van der Waals surface area contributed by atoms with E-state index < -0.39 is 6.10 Å². The molecule has 3 aromatic carbocycles. The normalized spacial score (nSPS) is 18.2. The van der Waals surface area contributed by atoms with Gasteiger partial charge < -0.3 is 14.2 Å². The number of ether oxygens (including phenoxy) is 3. The van der Waals surface area contributed by atoms with Crippen LogP contribution in [0.1, 0.15) is 17.2 Å². The summed E-state index contributed by atoms with van der Waals surface area (Å²) in [5.41, 5.74) is 1.78. The highest BCUT2D eigenvalue weighted by Gasteiger charge is 2.50. The van der Waals surface area contributed by atoms with Crippen LogP contribution in [0.25, 0.3) is 0 Å². The average Bonchev–Trinajstić information content (AvgIpc) is 2.81. The van der Waals surface area contributed by atoms with E-state index in [4.69, 9.17) is 14.2 Å². The van der Waals surface area contributed by atoms with Gasteiger partial charge in [-0.3, -0.25) is 4.79 Å². The molecule has 1 aliphatic rings. The molecule has 0 unspecified atom stereocenters. The van der Waals surface area contributed by atoms with Crippen LogP contribution in [0.4, 0.5) is 0 Å². The van der Waals surface area contributed by atoms with Crippen LogP contribution in [-0.4, -0.2) is 37.5 Å². The van der Waals surface area contributed by atoms with Crippen LogP contribution >= 0.6 is 0 Å². The number of amides is 1. The molecule has 0 bridgehead atoms. The van der Waals surface area contributed by atoms with Crippen LogP contribution in [0.3, 0.4) is 0 Å². The third-order valence-electron chi connectivity index (χ3n) is 4.93. The van der Waals surface area contributed by atoms with E-state index in [1.807, 2.05) is 78.9 Å². The van der Waals surface area contributed by atoms with Gasteiger partial charge in [-0.1, -0.05) is 30.3 Å². The molecule has 1 fully saturated rings. The van der Waals surface area contributed by atoms with Crippen LogP contribution in [-0.2, 0) is 4.79 Å². The number of benzene rings is 3.